The zero-order chi connectivity index (χ0) is 28.5. The first-order chi connectivity index (χ1) is 18.4. The molecular weight excluding hydrogens is 496 g/mol. The summed E-state index contributed by atoms with van der Waals surface area (Å²) in [5.74, 6) is -1.88. The van der Waals surface area contributed by atoms with Crippen molar-refractivity contribution < 1.29 is 29.0 Å². The molecule has 1 aliphatic heterocycles. The molecule has 1 N–H and O–H groups in total. The van der Waals surface area contributed by atoms with Gasteiger partial charge in [0.2, 0.25) is 0 Å². The Morgan fingerprint density at radius 2 is 1.77 bits per heavy atom. The minimum absolute atomic E-state index is 0.0758. The second kappa shape index (κ2) is 10.7. The molecule has 4 rings (SSSR count). The van der Waals surface area contributed by atoms with E-state index < -0.39 is 23.7 Å². The fraction of sp³-hybridized carbons (Fsp3) is 0.290. The summed E-state index contributed by atoms with van der Waals surface area (Å²) in [4.78, 5) is 45.0. The van der Waals surface area contributed by atoms with E-state index in [2.05, 4.69) is 4.98 Å². The lowest BCUT2D eigenvalue weighted by Gasteiger charge is -2.26. The van der Waals surface area contributed by atoms with Gasteiger partial charge in [-0.2, -0.15) is 0 Å². The maximum absolute atomic E-state index is 13.5. The number of carbonyl (C=O) groups excluding carboxylic acids is 3. The number of ketones is 1. The number of aliphatic hydroxyl groups excluding tert-OH is 1. The Hall–Kier alpha value is -4.46. The predicted molar refractivity (Wildman–Crippen MR) is 148 cm³/mol. The molecule has 1 fully saturated rings. The number of methoxy groups -OCH3 is 1. The summed E-state index contributed by atoms with van der Waals surface area (Å²) >= 11 is 0. The lowest BCUT2D eigenvalue weighted by molar-refractivity contribution is -0.132. The Labute approximate surface area is 227 Å². The fourth-order valence-electron chi connectivity index (χ4n) is 4.61. The van der Waals surface area contributed by atoms with Gasteiger partial charge in [0.25, 0.3) is 11.7 Å². The van der Waals surface area contributed by atoms with Gasteiger partial charge in [0.15, 0.2) is 0 Å². The van der Waals surface area contributed by atoms with Gasteiger partial charge in [0, 0.05) is 29.2 Å². The SMILES string of the molecule is COc1ccc(/C(O)=C2/C(=O)C(=O)N(c3cccc(C(=O)OC(C)C)c3)C2c2cccnc2)cc1C(C)(C)C. The number of carbonyl (C=O) groups is 3. The average molecular weight is 529 g/mol. The van der Waals surface area contributed by atoms with Crippen LogP contribution < -0.4 is 9.64 Å². The van der Waals surface area contributed by atoms with E-state index in [0.717, 1.165) is 5.56 Å². The molecule has 0 aliphatic carbocycles. The van der Waals surface area contributed by atoms with Gasteiger partial charge in [-0.15, -0.1) is 0 Å². The van der Waals surface area contributed by atoms with E-state index >= 15 is 0 Å². The van der Waals surface area contributed by atoms with Gasteiger partial charge in [-0.3, -0.25) is 19.5 Å². The Kier molecular flexibility index (Phi) is 7.58. The molecule has 0 saturated carbocycles. The van der Waals surface area contributed by atoms with E-state index in [1.807, 2.05) is 20.8 Å². The second-order valence-electron chi connectivity index (χ2n) is 10.6. The summed E-state index contributed by atoms with van der Waals surface area (Å²) in [6, 6.07) is 13.9. The van der Waals surface area contributed by atoms with Crippen molar-refractivity contribution in [3.63, 3.8) is 0 Å². The van der Waals surface area contributed by atoms with Crippen LogP contribution in [-0.2, 0) is 19.7 Å². The van der Waals surface area contributed by atoms with Crippen molar-refractivity contribution >= 4 is 29.1 Å². The number of aromatic nitrogens is 1. The van der Waals surface area contributed by atoms with E-state index in [4.69, 9.17) is 9.47 Å². The molecule has 1 aliphatic rings. The molecule has 0 radical (unpaired) electrons. The van der Waals surface area contributed by atoms with Crippen molar-refractivity contribution in [2.75, 3.05) is 12.0 Å². The summed E-state index contributed by atoms with van der Waals surface area (Å²) in [5, 5.41) is 11.5. The molecule has 1 atom stereocenters. The highest BCUT2D eigenvalue weighted by molar-refractivity contribution is 6.51. The molecule has 39 heavy (non-hydrogen) atoms. The highest BCUT2D eigenvalue weighted by Crippen LogP contribution is 2.43. The number of pyridine rings is 1. The normalized spacial score (nSPS) is 17.0. The summed E-state index contributed by atoms with van der Waals surface area (Å²) in [7, 11) is 1.57. The minimum atomic E-state index is -0.977. The molecule has 2 heterocycles. The van der Waals surface area contributed by atoms with Gasteiger partial charge in [0.1, 0.15) is 11.5 Å². The van der Waals surface area contributed by atoms with Gasteiger partial charge in [-0.25, -0.2) is 4.79 Å². The highest BCUT2D eigenvalue weighted by atomic mass is 16.5. The molecular formula is C31H32N2O6. The van der Waals surface area contributed by atoms with Crippen LogP contribution in [-0.4, -0.2) is 41.0 Å². The molecule has 1 unspecified atom stereocenters. The predicted octanol–water partition coefficient (Wildman–Crippen LogP) is 5.58. The highest BCUT2D eigenvalue weighted by Gasteiger charge is 2.47. The lowest BCUT2D eigenvalue weighted by atomic mass is 9.84. The molecule has 8 nitrogen and oxygen atoms in total. The van der Waals surface area contributed by atoms with Gasteiger partial charge < -0.3 is 14.6 Å². The molecule has 8 heteroatoms. The summed E-state index contributed by atoms with van der Waals surface area (Å²) in [6.07, 6.45) is 2.80. The topological polar surface area (TPSA) is 106 Å². The van der Waals surface area contributed by atoms with Crippen LogP contribution in [0.5, 0.6) is 5.75 Å². The Morgan fingerprint density at radius 1 is 1.03 bits per heavy atom. The fourth-order valence-corrected chi connectivity index (χ4v) is 4.61. The van der Waals surface area contributed by atoms with Gasteiger partial charge in [0.05, 0.1) is 30.4 Å². The van der Waals surface area contributed by atoms with Crippen molar-refractivity contribution in [2.45, 2.75) is 52.2 Å². The third-order valence-electron chi connectivity index (χ3n) is 6.43. The maximum atomic E-state index is 13.5. The standard InChI is InChI=1S/C31H32N2O6/c1-18(2)39-30(37)20-9-7-11-22(15-20)33-26(21-10-8-14-32-17-21)25(28(35)29(33)36)27(34)19-12-13-24(38-6)23(16-19)31(3,4)5/h7-18,26,34H,1-6H3/b27-25-. The quantitative estimate of drug-likeness (QED) is 0.193. The van der Waals surface area contributed by atoms with E-state index in [1.54, 1.807) is 81.9 Å². The number of nitrogens with zero attached hydrogens (tertiary/aromatic N) is 2. The van der Waals surface area contributed by atoms with Crippen LogP contribution in [0.2, 0.25) is 0 Å². The monoisotopic (exact) mass is 528 g/mol. The third-order valence-corrected chi connectivity index (χ3v) is 6.43. The molecule has 1 saturated heterocycles. The Morgan fingerprint density at radius 3 is 2.38 bits per heavy atom. The van der Waals surface area contributed by atoms with Crippen molar-refractivity contribution in [2.24, 2.45) is 0 Å². The lowest BCUT2D eigenvalue weighted by Crippen LogP contribution is -2.29. The largest absolute Gasteiger partial charge is 0.507 e. The minimum Gasteiger partial charge on any atom is -0.507 e. The Bertz CT molecular complexity index is 1450. The van der Waals surface area contributed by atoms with Crippen LogP contribution in [0.4, 0.5) is 5.69 Å². The second-order valence-corrected chi connectivity index (χ2v) is 10.6. The van der Waals surface area contributed by atoms with Gasteiger partial charge >= 0.3 is 5.97 Å². The van der Waals surface area contributed by atoms with Crippen molar-refractivity contribution in [3.8, 4) is 5.75 Å². The first-order valence-electron chi connectivity index (χ1n) is 12.6. The number of aliphatic hydroxyl groups is 1. The van der Waals surface area contributed by atoms with Crippen molar-refractivity contribution in [3.05, 3.63) is 94.8 Å². The summed E-state index contributed by atoms with van der Waals surface area (Å²) in [6.45, 7) is 9.53. The molecule has 0 spiro atoms. The van der Waals surface area contributed by atoms with Crippen molar-refractivity contribution in [1.82, 2.24) is 4.98 Å². The van der Waals surface area contributed by atoms with E-state index in [1.165, 1.54) is 11.0 Å². The molecule has 3 aromatic rings. The van der Waals surface area contributed by atoms with Gasteiger partial charge in [-0.05, 0) is 67.3 Å². The third kappa shape index (κ3) is 5.41. The average Bonchev–Trinajstić information content (AvgIpc) is 3.17. The van der Waals surface area contributed by atoms with Crippen LogP contribution in [0.25, 0.3) is 5.76 Å². The zero-order valence-electron chi connectivity index (χ0n) is 22.9. The van der Waals surface area contributed by atoms with Crippen LogP contribution >= 0.6 is 0 Å². The number of esters is 1. The van der Waals surface area contributed by atoms with Gasteiger partial charge in [-0.1, -0.05) is 32.9 Å². The summed E-state index contributed by atoms with van der Waals surface area (Å²) < 4.78 is 10.8. The first kappa shape index (κ1) is 27.6. The molecule has 202 valence electrons. The Balaban J connectivity index is 1.91. The number of Topliss-reactive ketones (excluding diaryl/α,β-unsaturated/α-hetero) is 1. The van der Waals surface area contributed by atoms with E-state index in [9.17, 15) is 19.5 Å². The number of anilines is 1. The number of hydrogen-bond acceptors (Lipinski definition) is 7. The maximum Gasteiger partial charge on any atom is 0.338 e. The summed E-state index contributed by atoms with van der Waals surface area (Å²) in [5.41, 5.74) is 1.89. The smallest absolute Gasteiger partial charge is 0.338 e. The van der Waals surface area contributed by atoms with Crippen LogP contribution in [0.3, 0.4) is 0 Å². The van der Waals surface area contributed by atoms with E-state index in [-0.39, 0.29) is 28.4 Å². The first-order valence-corrected chi connectivity index (χ1v) is 12.6. The zero-order valence-corrected chi connectivity index (χ0v) is 22.9. The molecule has 1 amide bonds. The number of benzene rings is 2. The van der Waals surface area contributed by atoms with Crippen LogP contribution in [0, 0.1) is 0 Å². The number of amides is 1. The number of rotatable bonds is 6. The molecule has 1 aromatic heterocycles. The van der Waals surface area contributed by atoms with Crippen LogP contribution in [0.15, 0.2) is 72.6 Å². The molecule has 2 aromatic carbocycles. The van der Waals surface area contributed by atoms with Crippen LogP contribution in [0.1, 0.15) is 67.7 Å². The van der Waals surface area contributed by atoms with E-state index in [0.29, 0.717) is 22.6 Å². The van der Waals surface area contributed by atoms with Crippen molar-refractivity contribution in [1.29, 1.82) is 0 Å². The number of hydrogen-bond donors (Lipinski definition) is 1. The molecule has 0 bridgehead atoms. The number of ether oxygens (including phenoxy) is 2.